The standard InChI is InChI=1S/C22H16ClFN2O5/c1-13-7-10-18(19(11-13)26(29)30)25-21(27)20(14-5-3-2-4-6-14)31-22(28)16-12-15(23)8-9-17(16)24/h2-12,20H,1H3,(H,25,27). The SMILES string of the molecule is Cc1ccc(NC(=O)C(OC(=O)c2cc(Cl)ccc2F)c2ccccc2)c([N+](=O)[O-])c1. The molecule has 0 bridgehead atoms. The van der Waals surface area contributed by atoms with Crippen molar-refractivity contribution in [3.63, 3.8) is 0 Å². The molecule has 158 valence electrons. The molecule has 1 amide bonds. The number of ether oxygens (including phenoxy) is 1. The number of carbonyl (C=O) groups is 2. The first-order chi connectivity index (χ1) is 14.8. The molecular formula is C22H16ClFN2O5. The molecule has 1 atom stereocenters. The van der Waals surface area contributed by atoms with Crippen LogP contribution in [0.1, 0.15) is 27.6 Å². The van der Waals surface area contributed by atoms with Gasteiger partial charge in [0, 0.05) is 16.7 Å². The summed E-state index contributed by atoms with van der Waals surface area (Å²) < 4.78 is 19.4. The highest BCUT2D eigenvalue weighted by Crippen LogP contribution is 2.28. The van der Waals surface area contributed by atoms with Crippen molar-refractivity contribution in [3.8, 4) is 0 Å². The molecule has 0 heterocycles. The lowest BCUT2D eigenvalue weighted by Crippen LogP contribution is -2.26. The van der Waals surface area contributed by atoms with Crippen molar-refractivity contribution < 1.29 is 23.6 Å². The van der Waals surface area contributed by atoms with E-state index in [1.165, 1.54) is 30.3 Å². The van der Waals surface area contributed by atoms with E-state index in [-0.39, 0.29) is 16.4 Å². The molecule has 0 radical (unpaired) electrons. The lowest BCUT2D eigenvalue weighted by Gasteiger charge is -2.18. The van der Waals surface area contributed by atoms with Crippen LogP contribution in [0, 0.1) is 22.9 Å². The fourth-order valence-electron chi connectivity index (χ4n) is 2.82. The van der Waals surface area contributed by atoms with Crippen LogP contribution < -0.4 is 5.32 Å². The third-order valence-corrected chi connectivity index (χ3v) is 4.56. The van der Waals surface area contributed by atoms with Gasteiger partial charge in [0.05, 0.1) is 10.5 Å². The Bertz CT molecular complexity index is 1150. The van der Waals surface area contributed by atoms with Gasteiger partial charge in [-0.15, -0.1) is 0 Å². The van der Waals surface area contributed by atoms with Gasteiger partial charge < -0.3 is 10.1 Å². The monoisotopic (exact) mass is 442 g/mol. The van der Waals surface area contributed by atoms with Crippen LogP contribution in [0.25, 0.3) is 0 Å². The number of anilines is 1. The normalized spacial score (nSPS) is 11.5. The minimum Gasteiger partial charge on any atom is -0.444 e. The second-order valence-electron chi connectivity index (χ2n) is 6.59. The largest absolute Gasteiger partial charge is 0.444 e. The molecule has 0 aliphatic carbocycles. The van der Waals surface area contributed by atoms with Crippen LogP contribution in [0.2, 0.25) is 5.02 Å². The number of hydrogen-bond donors (Lipinski definition) is 1. The summed E-state index contributed by atoms with van der Waals surface area (Å²) in [7, 11) is 0. The molecule has 0 fully saturated rings. The maximum atomic E-state index is 14.1. The van der Waals surface area contributed by atoms with Crippen molar-refractivity contribution in [2.45, 2.75) is 13.0 Å². The molecular weight excluding hydrogens is 427 g/mol. The van der Waals surface area contributed by atoms with Gasteiger partial charge in [0.1, 0.15) is 11.5 Å². The number of nitrogens with one attached hydrogen (secondary N) is 1. The minimum atomic E-state index is -1.49. The van der Waals surface area contributed by atoms with Crippen molar-refractivity contribution in [3.05, 3.63) is 104 Å². The number of amides is 1. The van der Waals surface area contributed by atoms with Crippen molar-refractivity contribution in [1.82, 2.24) is 0 Å². The van der Waals surface area contributed by atoms with E-state index in [1.54, 1.807) is 31.2 Å². The Morgan fingerprint density at radius 3 is 2.48 bits per heavy atom. The maximum Gasteiger partial charge on any atom is 0.342 e. The van der Waals surface area contributed by atoms with Crippen molar-refractivity contribution in [2.24, 2.45) is 0 Å². The molecule has 3 aromatic rings. The zero-order valence-corrected chi connectivity index (χ0v) is 16.9. The van der Waals surface area contributed by atoms with Gasteiger partial charge in [0.15, 0.2) is 0 Å². The number of nitrogens with zero attached hydrogens (tertiary/aromatic N) is 1. The summed E-state index contributed by atoms with van der Waals surface area (Å²) in [6.07, 6.45) is -1.49. The van der Waals surface area contributed by atoms with Gasteiger partial charge in [-0.2, -0.15) is 0 Å². The Kier molecular flexibility index (Phi) is 6.61. The summed E-state index contributed by atoms with van der Waals surface area (Å²) >= 11 is 5.83. The number of nitro groups is 1. The van der Waals surface area contributed by atoms with Gasteiger partial charge in [-0.1, -0.05) is 48.0 Å². The lowest BCUT2D eigenvalue weighted by molar-refractivity contribution is -0.384. The lowest BCUT2D eigenvalue weighted by atomic mass is 10.1. The molecule has 0 aliphatic heterocycles. The number of rotatable bonds is 6. The summed E-state index contributed by atoms with van der Waals surface area (Å²) in [6.45, 7) is 1.67. The summed E-state index contributed by atoms with van der Waals surface area (Å²) in [6, 6.07) is 15.7. The van der Waals surface area contributed by atoms with Gasteiger partial charge in [0.2, 0.25) is 6.10 Å². The predicted molar refractivity (Wildman–Crippen MR) is 112 cm³/mol. The van der Waals surface area contributed by atoms with Gasteiger partial charge in [-0.3, -0.25) is 14.9 Å². The molecule has 0 aromatic heterocycles. The Balaban J connectivity index is 1.93. The average molecular weight is 443 g/mol. The van der Waals surface area contributed by atoms with E-state index in [0.29, 0.717) is 11.1 Å². The summed E-state index contributed by atoms with van der Waals surface area (Å²) in [5, 5.41) is 13.9. The molecule has 1 unspecified atom stereocenters. The van der Waals surface area contributed by atoms with Crippen LogP contribution >= 0.6 is 11.6 Å². The van der Waals surface area contributed by atoms with Gasteiger partial charge in [0.25, 0.3) is 11.6 Å². The van der Waals surface area contributed by atoms with Crippen LogP contribution in [-0.4, -0.2) is 16.8 Å². The van der Waals surface area contributed by atoms with E-state index in [2.05, 4.69) is 5.32 Å². The second-order valence-corrected chi connectivity index (χ2v) is 7.02. The van der Waals surface area contributed by atoms with Crippen molar-refractivity contribution >= 4 is 34.9 Å². The number of carbonyl (C=O) groups excluding carboxylic acids is 2. The van der Waals surface area contributed by atoms with Gasteiger partial charge >= 0.3 is 5.97 Å². The first-order valence-electron chi connectivity index (χ1n) is 9.03. The smallest absolute Gasteiger partial charge is 0.342 e. The van der Waals surface area contributed by atoms with Crippen LogP contribution in [0.5, 0.6) is 0 Å². The van der Waals surface area contributed by atoms with Crippen molar-refractivity contribution in [2.75, 3.05) is 5.32 Å². The topological polar surface area (TPSA) is 98.5 Å². The first-order valence-corrected chi connectivity index (χ1v) is 9.41. The van der Waals surface area contributed by atoms with Crippen molar-refractivity contribution in [1.29, 1.82) is 0 Å². The molecule has 0 aliphatic rings. The number of aryl methyl sites for hydroxylation is 1. The van der Waals surface area contributed by atoms with E-state index < -0.39 is 34.3 Å². The van der Waals surface area contributed by atoms with E-state index in [4.69, 9.17) is 16.3 Å². The number of hydrogen-bond acceptors (Lipinski definition) is 5. The second kappa shape index (κ2) is 9.36. The van der Waals surface area contributed by atoms with Crippen LogP contribution in [-0.2, 0) is 9.53 Å². The highest BCUT2D eigenvalue weighted by molar-refractivity contribution is 6.30. The highest BCUT2D eigenvalue weighted by atomic mass is 35.5. The Morgan fingerprint density at radius 2 is 1.81 bits per heavy atom. The number of halogens is 2. The molecule has 3 aromatic carbocycles. The number of benzene rings is 3. The number of nitro benzene ring substituents is 1. The average Bonchev–Trinajstić information content (AvgIpc) is 2.75. The van der Waals surface area contributed by atoms with Crippen LogP contribution in [0.3, 0.4) is 0 Å². The number of esters is 1. The van der Waals surface area contributed by atoms with Crippen LogP contribution in [0.15, 0.2) is 66.7 Å². The summed E-state index contributed by atoms with van der Waals surface area (Å²) in [4.78, 5) is 36.2. The highest BCUT2D eigenvalue weighted by Gasteiger charge is 2.28. The molecule has 0 spiro atoms. The van der Waals surface area contributed by atoms with Crippen LogP contribution in [0.4, 0.5) is 15.8 Å². The van der Waals surface area contributed by atoms with E-state index >= 15 is 0 Å². The van der Waals surface area contributed by atoms with E-state index in [0.717, 1.165) is 12.1 Å². The van der Waals surface area contributed by atoms with Gasteiger partial charge in [-0.25, -0.2) is 9.18 Å². The first kappa shape index (κ1) is 21.9. The molecule has 1 N–H and O–H groups in total. The van der Waals surface area contributed by atoms with Gasteiger partial charge in [-0.05, 0) is 36.8 Å². The molecule has 7 nitrogen and oxygen atoms in total. The third-order valence-electron chi connectivity index (χ3n) is 4.32. The quantitative estimate of drug-likeness (QED) is 0.320. The Labute approximate surface area is 181 Å². The zero-order chi connectivity index (χ0) is 22.5. The minimum absolute atomic E-state index is 0.0634. The molecule has 0 saturated heterocycles. The molecule has 0 saturated carbocycles. The summed E-state index contributed by atoms with van der Waals surface area (Å²) in [5.74, 6) is -2.81. The molecule has 9 heteroatoms. The molecule has 31 heavy (non-hydrogen) atoms. The summed E-state index contributed by atoms with van der Waals surface area (Å²) in [5.41, 5.74) is 0.110. The maximum absolute atomic E-state index is 14.1. The Hall–Kier alpha value is -3.78. The fraction of sp³-hybridized carbons (Fsp3) is 0.0909. The van der Waals surface area contributed by atoms with E-state index in [9.17, 15) is 24.1 Å². The molecule has 3 rings (SSSR count). The predicted octanol–water partition coefficient (Wildman–Crippen LogP) is 5.23. The fourth-order valence-corrected chi connectivity index (χ4v) is 2.99. The third kappa shape index (κ3) is 5.23. The Morgan fingerprint density at radius 1 is 1.10 bits per heavy atom. The van der Waals surface area contributed by atoms with E-state index in [1.807, 2.05) is 0 Å². The zero-order valence-electron chi connectivity index (χ0n) is 16.2.